The van der Waals surface area contributed by atoms with Crippen LogP contribution in [0.5, 0.6) is 0 Å². The lowest BCUT2D eigenvalue weighted by molar-refractivity contribution is -0.385. The van der Waals surface area contributed by atoms with Gasteiger partial charge in [-0.3, -0.25) is 10.1 Å². The fourth-order valence-corrected chi connectivity index (χ4v) is 4.31. The van der Waals surface area contributed by atoms with Crippen LogP contribution in [0.3, 0.4) is 0 Å². The molecular weight excluding hydrogens is 475 g/mol. The number of nitro groups is 1. The summed E-state index contributed by atoms with van der Waals surface area (Å²) >= 11 is 10.2. The minimum absolute atomic E-state index is 0.117. The van der Waals surface area contributed by atoms with Gasteiger partial charge in [-0.2, -0.15) is 0 Å². The Labute approximate surface area is 145 Å². The van der Waals surface area contributed by atoms with E-state index in [0.717, 1.165) is 37.3 Å². The molecule has 0 saturated carbocycles. The van der Waals surface area contributed by atoms with Crippen molar-refractivity contribution in [3.8, 4) is 0 Å². The van der Waals surface area contributed by atoms with E-state index in [4.69, 9.17) is 0 Å². The molecule has 2 aromatic rings. The lowest BCUT2D eigenvalue weighted by atomic mass is 10.1. The molecule has 0 aromatic heterocycles. The van der Waals surface area contributed by atoms with E-state index in [-0.39, 0.29) is 17.8 Å². The summed E-state index contributed by atoms with van der Waals surface area (Å²) in [5.41, 5.74) is 0.895. The zero-order chi connectivity index (χ0) is 15.6. The van der Waals surface area contributed by atoms with Gasteiger partial charge in [-0.15, -0.1) is 0 Å². The first-order valence-corrected chi connectivity index (χ1v) is 8.07. The molecule has 2 rings (SSSR count). The quantitative estimate of drug-likeness (QED) is 0.453. The molecule has 0 heterocycles. The number of halogens is 4. The fourth-order valence-electron chi connectivity index (χ4n) is 1.77. The van der Waals surface area contributed by atoms with Gasteiger partial charge in [0.15, 0.2) is 0 Å². The molecular formula is C13H8Br3FN2O2. The summed E-state index contributed by atoms with van der Waals surface area (Å²) < 4.78 is 15.7. The predicted octanol–water partition coefficient (Wildman–Crippen LogP) is 5.63. The normalized spacial score (nSPS) is 10.5. The Kier molecular flexibility index (Phi) is 5.34. The molecule has 0 saturated heterocycles. The molecule has 4 nitrogen and oxygen atoms in total. The Morgan fingerprint density at radius 1 is 1.14 bits per heavy atom. The topological polar surface area (TPSA) is 55.2 Å². The number of benzene rings is 2. The average molecular weight is 483 g/mol. The molecule has 0 fully saturated rings. The van der Waals surface area contributed by atoms with Gasteiger partial charge in [0, 0.05) is 26.0 Å². The lowest BCUT2D eigenvalue weighted by Crippen LogP contribution is -2.04. The Bertz CT molecular complexity index is 687. The third kappa shape index (κ3) is 4.02. The number of hydrogen-bond donors (Lipinski definition) is 1. The highest BCUT2D eigenvalue weighted by Crippen LogP contribution is 2.35. The number of rotatable bonds is 4. The molecule has 0 unspecified atom stereocenters. The number of hydrogen-bond acceptors (Lipinski definition) is 3. The first-order chi connectivity index (χ1) is 9.88. The van der Waals surface area contributed by atoms with Crippen molar-refractivity contribution in [1.82, 2.24) is 0 Å². The van der Waals surface area contributed by atoms with Crippen LogP contribution < -0.4 is 5.32 Å². The van der Waals surface area contributed by atoms with Crippen molar-refractivity contribution >= 4 is 59.2 Å². The van der Waals surface area contributed by atoms with Gasteiger partial charge in [0.1, 0.15) is 5.82 Å². The molecule has 21 heavy (non-hydrogen) atoms. The van der Waals surface area contributed by atoms with Crippen LogP contribution in [0, 0.1) is 15.9 Å². The predicted molar refractivity (Wildman–Crippen MR) is 89.9 cm³/mol. The molecule has 0 bridgehead atoms. The van der Waals surface area contributed by atoms with Gasteiger partial charge < -0.3 is 5.32 Å². The van der Waals surface area contributed by atoms with Crippen LogP contribution in [0.1, 0.15) is 5.56 Å². The highest BCUT2D eigenvalue weighted by Gasteiger charge is 2.15. The van der Waals surface area contributed by atoms with Crippen LogP contribution >= 0.6 is 47.8 Å². The van der Waals surface area contributed by atoms with Crippen LogP contribution in [0.4, 0.5) is 15.8 Å². The number of nitrogens with zero attached hydrogens (tertiary/aromatic N) is 1. The average Bonchev–Trinajstić information content (AvgIpc) is 2.37. The summed E-state index contributed by atoms with van der Waals surface area (Å²) in [6.45, 7) is 0.132. The van der Waals surface area contributed by atoms with E-state index in [1.54, 1.807) is 0 Å². The molecule has 1 N–H and O–H groups in total. The minimum Gasteiger partial charge on any atom is -0.379 e. The first-order valence-electron chi connectivity index (χ1n) is 5.69. The zero-order valence-corrected chi connectivity index (χ0v) is 15.1. The van der Waals surface area contributed by atoms with Gasteiger partial charge in [0.25, 0.3) is 5.69 Å². The SMILES string of the molecule is O=[N+]([O-])c1ccc(F)cc1CNc1c(Br)cc(Br)cc1Br. The Balaban J connectivity index is 2.28. The highest BCUT2D eigenvalue weighted by atomic mass is 79.9. The fraction of sp³-hybridized carbons (Fsp3) is 0.0769. The van der Waals surface area contributed by atoms with E-state index >= 15 is 0 Å². The summed E-state index contributed by atoms with van der Waals surface area (Å²) in [5, 5.41) is 14.0. The molecule has 0 spiro atoms. The van der Waals surface area contributed by atoms with Crippen LogP contribution in [-0.2, 0) is 6.54 Å². The molecule has 110 valence electrons. The van der Waals surface area contributed by atoms with Gasteiger partial charge in [-0.05, 0) is 56.1 Å². The van der Waals surface area contributed by atoms with Crippen molar-refractivity contribution in [3.05, 3.63) is 65.2 Å². The van der Waals surface area contributed by atoms with Gasteiger partial charge in [0.05, 0.1) is 16.2 Å². The van der Waals surface area contributed by atoms with E-state index in [1.807, 2.05) is 12.1 Å². The Hall–Kier alpha value is -0.990. The third-order valence-corrected chi connectivity index (χ3v) is 4.41. The van der Waals surface area contributed by atoms with E-state index in [9.17, 15) is 14.5 Å². The molecule has 0 amide bonds. The second kappa shape index (κ2) is 6.85. The van der Waals surface area contributed by atoms with E-state index < -0.39 is 10.7 Å². The lowest BCUT2D eigenvalue weighted by Gasteiger charge is -2.12. The van der Waals surface area contributed by atoms with Gasteiger partial charge in [0.2, 0.25) is 0 Å². The molecule has 8 heteroatoms. The minimum atomic E-state index is -0.526. The van der Waals surface area contributed by atoms with Gasteiger partial charge >= 0.3 is 0 Å². The Morgan fingerprint density at radius 2 is 1.76 bits per heavy atom. The second-order valence-corrected chi connectivity index (χ2v) is 6.75. The summed E-state index contributed by atoms with van der Waals surface area (Å²) in [5.74, 6) is -0.508. The zero-order valence-electron chi connectivity index (χ0n) is 10.4. The van der Waals surface area contributed by atoms with Crippen molar-refractivity contribution < 1.29 is 9.31 Å². The standard InChI is InChI=1S/C13H8Br3FN2O2/c14-8-4-10(15)13(11(16)5-8)18-6-7-3-9(17)1-2-12(7)19(20)21/h1-5,18H,6H2. The first kappa shape index (κ1) is 16.4. The van der Waals surface area contributed by atoms with Crippen molar-refractivity contribution in [2.24, 2.45) is 0 Å². The maximum absolute atomic E-state index is 13.3. The van der Waals surface area contributed by atoms with E-state index in [2.05, 4.69) is 53.1 Å². The van der Waals surface area contributed by atoms with Crippen LogP contribution in [0.15, 0.2) is 43.7 Å². The van der Waals surface area contributed by atoms with Crippen molar-refractivity contribution in [3.63, 3.8) is 0 Å². The number of nitro benzene ring substituents is 1. The molecule has 0 atom stereocenters. The summed E-state index contributed by atoms with van der Waals surface area (Å²) in [7, 11) is 0. The number of anilines is 1. The highest BCUT2D eigenvalue weighted by molar-refractivity contribution is 9.11. The number of nitrogens with one attached hydrogen (secondary N) is 1. The summed E-state index contributed by atoms with van der Waals surface area (Å²) in [4.78, 5) is 10.4. The molecule has 2 aromatic carbocycles. The molecule has 0 aliphatic carbocycles. The van der Waals surface area contributed by atoms with Crippen molar-refractivity contribution in [2.45, 2.75) is 6.54 Å². The van der Waals surface area contributed by atoms with Crippen molar-refractivity contribution in [2.75, 3.05) is 5.32 Å². The molecule has 0 aliphatic heterocycles. The van der Waals surface area contributed by atoms with Crippen LogP contribution in [0.2, 0.25) is 0 Å². The smallest absolute Gasteiger partial charge is 0.274 e. The van der Waals surface area contributed by atoms with E-state index in [1.165, 1.54) is 0 Å². The largest absolute Gasteiger partial charge is 0.379 e. The maximum atomic E-state index is 13.3. The van der Waals surface area contributed by atoms with Crippen molar-refractivity contribution in [1.29, 1.82) is 0 Å². The maximum Gasteiger partial charge on any atom is 0.274 e. The monoisotopic (exact) mass is 480 g/mol. The summed E-state index contributed by atoms with van der Waals surface area (Å²) in [6, 6.07) is 7.08. The molecule has 0 radical (unpaired) electrons. The van der Waals surface area contributed by atoms with Crippen LogP contribution in [0.25, 0.3) is 0 Å². The third-order valence-electron chi connectivity index (χ3n) is 2.70. The summed E-state index contributed by atoms with van der Waals surface area (Å²) in [6.07, 6.45) is 0. The Morgan fingerprint density at radius 3 is 2.33 bits per heavy atom. The molecule has 0 aliphatic rings. The van der Waals surface area contributed by atoms with E-state index in [0.29, 0.717) is 0 Å². The van der Waals surface area contributed by atoms with Gasteiger partial charge in [-0.1, -0.05) is 15.9 Å². The van der Waals surface area contributed by atoms with Gasteiger partial charge in [-0.25, -0.2) is 4.39 Å². The second-order valence-electron chi connectivity index (χ2n) is 4.13. The van der Waals surface area contributed by atoms with Crippen LogP contribution in [-0.4, -0.2) is 4.92 Å².